The molecule has 2 unspecified atom stereocenters. The van der Waals surface area contributed by atoms with Crippen LogP contribution >= 0.6 is 0 Å². The van der Waals surface area contributed by atoms with E-state index in [9.17, 15) is 0 Å². The Labute approximate surface area is 129 Å². The van der Waals surface area contributed by atoms with E-state index in [2.05, 4.69) is 36.1 Å². The SMILES string of the molecule is CCOc1ccc(CN(CC)C2CCCCC2CN)cc1. The molecule has 1 aromatic carbocycles. The van der Waals surface area contributed by atoms with Crippen molar-refractivity contribution in [3.8, 4) is 5.75 Å². The van der Waals surface area contributed by atoms with Gasteiger partial charge in [-0.15, -0.1) is 0 Å². The van der Waals surface area contributed by atoms with Crippen LogP contribution in [0.2, 0.25) is 0 Å². The lowest BCUT2D eigenvalue weighted by Gasteiger charge is -2.39. The Kier molecular flexibility index (Phi) is 6.52. The summed E-state index contributed by atoms with van der Waals surface area (Å²) in [6.07, 6.45) is 5.29. The molecule has 0 amide bonds. The van der Waals surface area contributed by atoms with Gasteiger partial charge in [-0.25, -0.2) is 0 Å². The van der Waals surface area contributed by atoms with Gasteiger partial charge in [-0.1, -0.05) is 31.9 Å². The van der Waals surface area contributed by atoms with Crippen molar-refractivity contribution in [2.45, 2.75) is 52.1 Å². The van der Waals surface area contributed by atoms with Crippen LogP contribution < -0.4 is 10.5 Å². The van der Waals surface area contributed by atoms with Crippen LogP contribution in [0, 0.1) is 5.92 Å². The van der Waals surface area contributed by atoms with Gasteiger partial charge in [-0.3, -0.25) is 4.90 Å². The lowest BCUT2D eigenvalue weighted by Crippen LogP contribution is -2.44. The fourth-order valence-corrected chi connectivity index (χ4v) is 3.50. The highest BCUT2D eigenvalue weighted by molar-refractivity contribution is 5.27. The van der Waals surface area contributed by atoms with Gasteiger partial charge in [0.1, 0.15) is 5.75 Å². The highest BCUT2D eigenvalue weighted by atomic mass is 16.5. The standard InChI is InChI=1S/C18H30N2O/c1-3-20(18-8-6-5-7-16(18)13-19)14-15-9-11-17(12-10-15)21-4-2/h9-12,16,18H,3-8,13-14,19H2,1-2H3. The lowest BCUT2D eigenvalue weighted by molar-refractivity contribution is 0.105. The molecule has 2 rings (SSSR count). The Balaban J connectivity index is 2.00. The minimum Gasteiger partial charge on any atom is -0.494 e. The molecule has 2 atom stereocenters. The largest absolute Gasteiger partial charge is 0.494 e. The third-order valence-corrected chi connectivity index (χ3v) is 4.67. The second-order valence-corrected chi connectivity index (χ2v) is 5.99. The summed E-state index contributed by atoms with van der Waals surface area (Å²) in [5.74, 6) is 1.63. The van der Waals surface area contributed by atoms with Gasteiger partial charge in [0.25, 0.3) is 0 Å². The van der Waals surface area contributed by atoms with E-state index in [1.54, 1.807) is 0 Å². The van der Waals surface area contributed by atoms with Gasteiger partial charge in [0.05, 0.1) is 6.61 Å². The number of ether oxygens (including phenoxy) is 1. The van der Waals surface area contributed by atoms with Gasteiger partial charge in [0, 0.05) is 12.6 Å². The summed E-state index contributed by atoms with van der Waals surface area (Å²) in [6.45, 7) is 7.93. The van der Waals surface area contributed by atoms with Crippen molar-refractivity contribution in [2.75, 3.05) is 19.7 Å². The number of nitrogens with zero attached hydrogens (tertiary/aromatic N) is 1. The lowest BCUT2D eigenvalue weighted by atomic mass is 9.83. The third kappa shape index (κ3) is 4.45. The molecule has 0 aliphatic heterocycles. The van der Waals surface area contributed by atoms with Crippen molar-refractivity contribution < 1.29 is 4.74 Å². The highest BCUT2D eigenvalue weighted by Gasteiger charge is 2.28. The molecule has 0 spiro atoms. The highest BCUT2D eigenvalue weighted by Crippen LogP contribution is 2.29. The summed E-state index contributed by atoms with van der Waals surface area (Å²) in [4.78, 5) is 2.60. The molecular weight excluding hydrogens is 260 g/mol. The van der Waals surface area contributed by atoms with Gasteiger partial charge < -0.3 is 10.5 Å². The molecule has 0 heterocycles. The number of rotatable bonds is 7. The van der Waals surface area contributed by atoms with Crippen molar-refractivity contribution in [3.05, 3.63) is 29.8 Å². The molecular formula is C18H30N2O. The molecule has 0 bridgehead atoms. The Morgan fingerprint density at radius 2 is 1.86 bits per heavy atom. The van der Waals surface area contributed by atoms with Crippen LogP contribution in [-0.2, 0) is 6.54 Å². The van der Waals surface area contributed by atoms with Crippen LogP contribution in [-0.4, -0.2) is 30.6 Å². The predicted molar refractivity (Wildman–Crippen MR) is 88.5 cm³/mol. The van der Waals surface area contributed by atoms with E-state index in [-0.39, 0.29) is 0 Å². The van der Waals surface area contributed by atoms with Crippen molar-refractivity contribution >= 4 is 0 Å². The minimum absolute atomic E-state index is 0.653. The van der Waals surface area contributed by atoms with Gasteiger partial charge in [0.15, 0.2) is 0 Å². The molecule has 1 aliphatic rings. The molecule has 1 saturated carbocycles. The molecule has 3 heteroatoms. The van der Waals surface area contributed by atoms with E-state index in [1.165, 1.54) is 31.2 Å². The number of hydrogen-bond acceptors (Lipinski definition) is 3. The fourth-order valence-electron chi connectivity index (χ4n) is 3.50. The van der Waals surface area contributed by atoms with Crippen molar-refractivity contribution in [3.63, 3.8) is 0 Å². The monoisotopic (exact) mass is 290 g/mol. The summed E-state index contributed by atoms with van der Waals surface area (Å²) in [5.41, 5.74) is 7.35. The first kappa shape index (κ1) is 16.3. The average Bonchev–Trinajstić information content (AvgIpc) is 2.54. The molecule has 118 valence electrons. The summed E-state index contributed by atoms with van der Waals surface area (Å²) in [7, 11) is 0. The molecule has 2 N–H and O–H groups in total. The first-order valence-corrected chi connectivity index (χ1v) is 8.44. The smallest absolute Gasteiger partial charge is 0.119 e. The molecule has 0 saturated heterocycles. The van der Waals surface area contributed by atoms with Crippen LogP contribution in [0.5, 0.6) is 5.75 Å². The van der Waals surface area contributed by atoms with E-state index in [0.29, 0.717) is 12.0 Å². The fraction of sp³-hybridized carbons (Fsp3) is 0.667. The zero-order valence-electron chi connectivity index (χ0n) is 13.6. The van der Waals surface area contributed by atoms with Crippen LogP contribution in [0.3, 0.4) is 0 Å². The molecule has 21 heavy (non-hydrogen) atoms. The van der Waals surface area contributed by atoms with Crippen LogP contribution in [0.15, 0.2) is 24.3 Å². The summed E-state index contributed by atoms with van der Waals surface area (Å²) < 4.78 is 5.51. The first-order chi connectivity index (χ1) is 10.3. The molecule has 1 fully saturated rings. The topological polar surface area (TPSA) is 38.5 Å². The van der Waals surface area contributed by atoms with Gasteiger partial charge in [-0.2, -0.15) is 0 Å². The minimum atomic E-state index is 0.653. The third-order valence-electron chi connectivity index (χ3n) is 4.67. The van der Waals surface area contributed by atoms with Crippen LogP contribution in [0.4, 0.5) is 0 Å². The first-order valence-electron chi connectivity index (χ1n) is 8.44. The van der Waals surface area contributed by atoms with E-state index in [0.717, 1.165) is 32.0 Å². The molecule has 0 radical (unpaired) electrons. The predicted octanol–water partition coefficient (Wildman–Crippen LogP) is 3.42. The zero-order chi connectivity index (χ0) is 15.1. The van der Waals surface area contributed by atoms with Crippen molar-refractivity contribution in [1.82, 2.24) is 4.90 Å². The number of nitrogens with two attached hydrogens (primary N) is 1. The second-order valence-electron chi connectivity index (χ2n) is 5.99. The van der Waals surface area contributed by atoms with E-state index in [4.69, 9.17) is 10.5 Å². The van der Waals surface area contributed by atoms with E-state index < -0.39 is 0 Å². The van der Waals surface area contributed by atoms with E-state index >= 15 is 0 Å². The van der Waals surface area contributed by atoms with Crippen molar-refractivity contribution in [1.29, 1.82) is 0 Å². The maximum absolute atomic E-state index is 5.99. The maximum Gasteiger partial charge on any atom is 0.119 e. The summed E-state index contributed by atoms with van der Waals surface area (Å²) in [6, 6.07) is 9.18. The Morgan fingerprint density at radius 3 is 2.48 bits per heavy atom. The van der Waals surface area contributed by atoms with Crippen LogP contribution in [0.1, 0.15) is 45.1 Å². The molecule has 3 nitrogen and oxygen atoms in total. The van der Waals surface area contributed by atoms with Crippen LogP contribution in [0.25, 0.3) is 0 Å². The second kappa shape index (κ2) is 8.40. The quantitative estimate of drug-likeness (QED) is 0.836. The van der Waals surface area contributed by atoms with Gasteiger partial charge in [0.2, 0.25) is 0 Å². The zero-order valence-corrected chi connectivity index (χ0v) is 13.6. The summed E-state index contributed by atoms with van der Waals surface area (Å²) >= 11 is 0. The summed E-state index contributed by atoms with van der Waals surface area (Å²) in [5, 5.41) is 0. The van der Waals surface area contributed by atoms with E-state index in [1.807, 2.05) is 6.92 Å². The van der Waals surface area contributed by atoms with Crippen molar-refractivity contribution in [2.24, 2.45) is 11.7 Å². The Morgan fingerprint density at radius 1 is 1.14 bits per heavy atom. The Hall–Kier alpha value is -1.06. The maximum atomic E-state index is 5.99. The molecule has 1 aliphatic carbocycles. The van der Waals surface area contributed by atoms with Gasteiger partial charge in [-0.05, 0) is 56.5 Å². The molecule has 0 aromatic heterocycles. The number of benzene rings is 1. The Bertz CT molecular complexity index is 404. The normalized spacial score (nSPS) is 22.5. The van der Waals surface area contributed by atoms with Gasteiger partial charge >= 0.3 is 0 Å². The number of hydrogen-bond donors (Lipinski definition) is 1. The average molecular weight is 290 g/mol. The molecule has 1 aromatic rings.